The second-order valence-corrected chi connectivity index (χ2v) is 3.67. The number of nitrogens with zero attached hydrogens (tertiary/aromatic N) is 1. The average molecular weight is 231 g/mol. The topological polar surface area (TPSA) is 56.3 Å². The minimum atomic E-state index is -0.984. The first-order valence-corrected chi connectivity index (χ1v) is 5.29. The molecule has 4 nitrogen and oxygen atoms in total. The second-order valence-electron chi connectivity index (χ2n) is 3.29. The molecule has 0 aliphatic carbocycles. The fourth-order valence-corrected chi connectivity index (χ4v) is 1.61. The molecule has 0 saturated heterocycles. The van der Waals surface area contributed by atoms with Crippen molar-refractivity contribution in [2.75, 3.05) is 13.1 Å². The summed E-state index contributed by atoms with van der Waals surface area (Å²) in [5.74, 6) is -0.984. The van der Waals surface area contributed by atoms with E-state index in [1.807, 2.05) is 0 Å². The van der Waals surface area contributed by atoms with E-state index in [0.29, 0.717) is 11.7 Å². The Bertz CT molecular complexity index is 345. The van der Waals surface area contributed by atoms with E-state index in [1.165, 1.54) is 0 Å². The highest BCUT2D eigenvalue weighted by Gasteiger charge is 2.12. The zero-order valence-electron chi connectivity index (χ0n) is 8.88. The summed E-state index contributed by atoms with van der Waals surface area (Å²) in [6.45, 7) is 6.63. The molecule has 15 heavy (non-hydrogen) atoms. The molecule has 1 rings (SSSR count). The lowest BCUT2D eigenvalue weighted by molar-refractivity contribution is 0.0691. The SMILES string of the molecule is CCN(CC)Cc1cc(C(=O)O)[nH]c1Cl. The quantitative estimate of drug-likeness (QED) is 0.816. The minimum absolute atomic E-state index is 0.141. The van der Waals surface area contributed by atoms with Crippen LogP contribution in [0, 0.1) is 0 Å². The maximum atomic E-state index is 10.7. The molecule has 0 radical (unpaired) electrons. The van der Waals surface area contributed by atoms with Gasteiger partial charge in [0, 0.05) is 12.1 Å². The predicted molar refractivity (Wildman–Crippen MR) is 59.4 cm³/mol. The van der Waals surface area contributed by atoms with Crippen LogP contribution in [0.4, 0.5) is 0 Å². The average Bonchev–Trinajstić information content (AvgIpc) is 2.56. The smallest absolute Gasteiger partial charge is 0.352 e. The van der Waals surface area contributed by atoms with Crippen molar-refractivity contribution < 1.29 is 9.90 Å². The number of carboxylic acid groups (broad SMARTS) is 1. The van der Waals surface area contributed by atoms with Gasteiger partial charge in [-0.05, 0) is 19.2 Å². The summed E-state index contributed by atoms with van der Waals surface area (Å²) in [7, 11) is 0. The lowest BCUT2D eigenvalue weighted by Gasteiger charge is -2.16. The Balaban J connectivity index is 2.81. The zero-order chi connectivity index (χ0) is 11.4. The van der Waals surface area contributed by atoms with E-state index in [2.05, 4.69) is 23.7 Å². The van der Waals surface area contributed by atoms with Crippen molar-refractivity contribution in [1.82, 2.24) is 9.88 Å². The molecule has 0 unspecified atom stereocenters. The van der Waals surface area contributed by atoms with Gasteiger partial charge >= 0.3 is 5.97 Å². The van der Waals surface area contributed by atoms with E-state index in [-0.39, 0.29) is 5.69 Å². The maximum absolute atomic E-state index is 10.7. The zero-order valence-corrected chi connectivity index (χ0v) is 9.64. The molecule has 84 valence electrons. The second kappa shape index (κ2) is 5.19. The van der Waals surface area contributed by atoms with Crippen molar-refractivity contribution in [2.24, 2.45) is 0 Å². The molecule has 0 aliphatic heterocycles. The first-order chi connectivity index (χ1) is 7.08. The molecule has 1 aromatic heterocycles. The number of rotatable bonds is 5. The number of carbonyl (C=O) groups is 1. The fourth-order valence-electron chi connectivity index (χ4n) is 1.39. The molecule has 5 heteroatoms. The van der Waals surface area contributed by atoms with E-state index in [9.17, 15) is 4.79 Å². The van der Waals surface area contributed by atoms with Crippen molar-refractivity contribution in [1.29, 1.82) is 0 Å². The van der Waals surface area contributed by atoms with E-state index >= 15 is 0 Å². The number of hydrogen-bond donors (Lipinski definition) is 2. The molecular weight excluding hydrogens is 216 g/mol. The van der Waals surface area contributed by atoms with Crippen LogP contribution in [0.1, 0.15) is 29.9 Å². The third-order valence-electron chi connectivity index (χ3n) is 2.36. The third-order valence-corrected chi connectivity index (χ3v) is 2.70. The van der Waals surface area contributed by atoms with Gasteiger partial charge in [0.15, 0.2) is 0 Å². The number of aromatic amines is 1. The number of aromatic carboxylic acids is 1. The molecule has 1 heterocycles. The Labute approximate surface area is 93.8 Å². The van der Waals surface area contributed by atoms with E-state index in [4.69, 9.17) is 16.7 Å². The van der Waals surface area contributed by atoms with E-state index < -0.39 is 5.97 Å². The molecule has 0 bridgehead atoms. The van der Waals surface area contributed by atoms with E-state index in [0.717, 1.165) is 18.7 Å². The summed E-state index contributed by atoms with van der Waals surface area (Å²) in [4.78, 5) is 15.5. The number of carboxylic acids is 1. The molecule has 0 aliphatic rings. The van der Waals surface area contributed by atoms with E-state index in [1.54, 1.807) is 6.07 Å². The van der Waals surface area contributed by atoms with Crippen LogP contribution in [0.5, 0.6) is 0 Å². The number of nitrogens with one attached hydrogen (secondary N) is 1. The monoisotopic (exact) mass is 230 g/mol. The number of halogens is 1. The summed E-state index contributed by atoms with van der Waals surface area (Å²) in [6.07, 6.45) is 0. The summed E-state index contributed by atoms with van der Waals surface area (Å²) in [5, 5.41) is 9.18. The number of H-pyrrole nitrogens is 1. The van der Waals surface area contributed by atoms with Crippen LogP contribution >= 0.6 is 11.6 Å². The number of aromatic nitrogens is 1. The third kappa shape index (κ3) is 2.97. The first kappa shape index (κ1) is 12.1. The first-order valence-electron chi connectivity index (χ1n) is 4.91. The van der Waals surface area contributed by atoms with Gasteiger partial charge in [-0.1, -0.05) is 25.4 Å². The normalized spacial score (nSPS) is 10.9. The van der Waals surface area contributed by atoms with Crippen LogP contribution < -0.4 is 0 Å². The van der Waals surface area contributed by atoms with Gasteiger partial charge < -0.3 is 10.1 Å². The highest BCUT2D eigenvalue weighted by molar-refractivity contribution is 6.30. The van der Waals surface area contributed by atoms with Gasteiger partial charge in [0.25, 0.3) is 0 Å². The van der Waals surface area contributed by atoms with Crippen molar-refractivity contribution in [3.63, 3.8) is 0 Å². The van der Waals surface area contributed by atoms with Crippen LogP contribution in [0.2, 0.25) is 5.15 Å². The standard InChI is InChI=1S/C10H15ClN2O2/c1-3-13(4-2)6-7-5-8(10(14)15)12-9(7)11/h5,12H,3-4,6H2,1-2H3,(H,14,15). The van der Waals surface area contributed by atoms with Crippen LogP contribution in [-0.4, -0.2) is 34.0 Å². The summed E-state index contributed by atoms with van der Waals surface area (Å²) in [6, 6.07) is 1.59. The van der Waals surface area contributed by atoms with Crippen molar-refractivity contribution >= 4 is 17.6 Å². The molecule has 0 aromatic carbocycles. The lowest BCUT2D eigenvalue weighted by Crippen LogP contribution is -2.21. The van der Waals surface area contributed by atoms with Crippen LogP contribution in [0.15, 0.2) is 6.07 Å². The molecule has 0 spiro atoms. The van der Waals surface area contributed by atoms with Gasteiger partial charge in [0.2, 0.25) is 0 Å². The predicted octanol–water partition coefficient (Wildman–Crippen LogP) is 2.21. The van der Waals surface area contributed by atoms with Gasteiger partial charge in [0.05, 0.1) is 0 Å². The Morgan fingerprint density at radius 3 is 2.53 bits per heavy atom. The largest absolute Gasteiger partial charge is 0.477 e. The molecule has 1 aromatic rings. The van der Waals surface area contributed by atoms with Crippen molar-refractivity contribution in [3.8, 4) is 0 Å². The highest BCUT2D eigenvalue weighted by Crippen LogP contribution is 2.18. The molecular formula is C10H15ClN2O2. The van der Waals surface area contributed by atoms with Crippen LogP contribution in [-0.2, 0) is 6.54 Å². The Morgan fingerprint density at radius 2 is 2.13 bits per heavy atom. The maximum Gasteiger partial charge on any atom is 0.352 e. The van der Waals surface area contributed by atoms with Gasteiger partial charge in [0.1, 0.15) is 10.8 Å². The van der Waals surface area contributed by atoms with Crippen LogP contribution in [0.25, 0.3) is 0 Å². The van der Waals surface area contributed by atoms with Crippen molar-refractivity contribution in [2.45, 2.75) is 20.4 Å². The Kier molecular flexibility index (Phi) is 4.17. The Hall–Kier alpha value is -1.00. The van der Waals surface area contributed by atoms with Gasteiger partial charge in [-0.15, -0.1) is 0 Å². The molecule has 0 fully saturated rings. The summed E-state index contributed by atoms with van der Waals surface area (Å²) in [5.41, 5.74) is 0.972. The van der Waals surface area contributed by atoms with Gasteiger partial charge in [-0.2, -0.15) is 0 Å². The molecule has 2 N–H and O–H groups in total. The lowest BCUT2D eigenvalue weighted by atomic mass is 10.3. The van der Waals surface area contributed by atoms with Gasteiger partial charge in [-0.3, -0.25) is 4.90 Å². The fraction of sp³-hybridized carbons (Fsp3) is 0.500. The summed E-state index contributed by atoms with van der Waals surface area (Å²) < 4.78 is 0. The molecule has 0 saturated carbocycles. The molecule has 0 amide bonds. The van der Waals surface area contributed by atoms with Gasteiger partial charge in [-0.25, -0.2) is 4.79 Å². The Morgan fingerprint density at radius 1 is 1.53 bits per heavy atom. The number of hydrogen-bond acceptors (Lipinski definition) is 2. The highest BCUT2D eigenvalue weighted by atomic mass is 35.5. The van der Waals surface area contributed by atoms with Crippen LogP contribution in [0.3, 0.4) is 0 Å². The minimum Gasteiger partial charge on any atom is -0.477 e. The van der Waals surface area contributed by atoms with Crippen molar-refractivity contribution in [3.05, 3.63) is 22.5 Å². The molecule has 0 atom stereocenters. The summed E-state index contributed by atoms with van der Waals surface area (Å²) >= 11 is 5.90.